The zero-order valence-corrected chi connectivity index (χ0v) is 33.9. The van der Waals surface area contributed by atoms with Crippen molar-refractivity contribution in [3.05, 3.63) is 254 Å². The molecule has 0 spiro atoms. The largest absolute Gasteiger partial charge is 0.311 e. The second kappa shape index (κ2) is 17.4. The Labute approximate surface area is 354 Å². The minimum absolute atomic E-state index is 1.07. The standard InChI is InChI=1S/C56H46N4/c1-43-17-15-27-55(41-43)59(47-23-11-5-12-24-47)53-37-33-51(34-38-53)57(45-19-7-3-8-20-45)49-29-31-50(32-30-49)58(46-21-9-4-10-22-46)52-35-39-54(40-36-52)60(48-25-13-6-14-26-48)56-28-16-18-44(2)42-56/h3-42H,1-2H3. The van der Waals surface area contributed by atoms with E-state index in [4.69, 9.17) is 0 Å². The molecule has 4 heteroatoms. The van der Waals surface area contributed by atoms with Crippen LogP contribution in [0.5, 0.6) is 0 Å². The Morgan fingerprint density at radius 3 is 0.583 bits per heavy atom. The zero-order chi connectivity index (χ0) is 40.7. The molecule has 0 bridgehead atoms. The third kappa shape index (κ3) is 8.13. The van der Waals surface area contributed by atoms with Crippen molar-refractivity contribution in [1.29, 1.82) is 0 Å². The molecule has 0 N–H and O–H groups in total. The summed E-state index contributed by atoms with van der Waals surface area (Å²) >= 11 is 0. The highest BCUT2D eigenvalue weighted by Crippen LogP contribution is 2.42. The number of hydrogen-bond donors (Lipinski definition) is 0. The number of rotatable bonds is 12. The van der Waals surface area contributed by atoms with Gasteiger partial charge in [0.05, 0.1) is 0 Å². The predicted molar refractivity (Wildman–Crippen MR) is 255 cm³/mol. The first-order valence-corrected chi connectivity index (χ1v) is 20.4. The fourth-order valence-electron chi connectivity index (χ4n) is 7.88. The lowest BCUT2D eigenvalue weighted by Crippen LogP contribution is -2.13. The number of para-hydroxylation sites is 4. The van der Waals surface area contributed by atoms with Crippen molar-refractivity contribution in [1.82, 2.24) is 0 Å². The van der Waals surface area contributed by atoms with Crippen LogP contribution in [0.25, 0.3) is 0 Å². The van der Waals surface area contributed by atoms with Crippen molar-refractivity contribution in [2.45, 2.75) is 13.8 Å². The maximum atomic E-state index is 2.32. The molecule has 0 fully saturated rings. The van der Waals surface area contributed by atoms with Crippen LogP contribution in [0.4, 0.5) is 68.2 Å². The predicted octanol–water partition coefficient (Wildman–Crippen LogP) is 16.2. The van der Waals surface area contributed by atoms with Gasteiger partial charge in [-0.2, -0.15) is 0 Å². The highest BCUT2D eigenvalue weighted by atomic mass is 15.2. The molecule has 9 aromatic rings. The van der Waals surface area contributed by atoms with E-state index < -0.39 is 0 Å². The van der Waals surface area contributed by atoms with E-state index >= 15 is 0 Å². The summed E-state index contributed by atoms with van der Waals surface area (Å²) in [6, 6.07) is 86.2. The molecule has 0 radical (unpaired) electrons. The van der Waals surface area contributed by atoms with Gasteiger partial charge in [-0.25, -0.2) is 0 Å². The van der Waals surface area contributed by atoms with Gasteiger partial charge in [-0.3, -0.25) is 0 Å². The molecular formula is C56H46N4. The molecule has 0 saturated carbocycles. The van der Waals surface area contributed by atoms with Crippen LogP contribution in [-0.4, -0.2) is 0 Å². The van der Waals surface area contributed by atoms with E-state index in [1.807, 2.05) is 0 Å². The van der Waals surface area contributed by atoms with E-state index in [2.05, 4.69) is 276 Å². The molecule has 9 rings (SSSR count). The third-order valence-corrected chi connectivity index (χ3v) is 10.7. The summed E-state index contributed by atoms with van der Waals surface area (Å²) in [5.41, 5.74) is 15.6. The first kappa shape index (κ1) is 37.7. The Morgan fingerprint density at radius 2 is 0.367 bits per heavy atom. The lowest BCUT2D eigenvalue weighted by molar-refractivity contribution is 1.24. The number of anilines is 12. The van der Waals surface area contributed by atoms with Crippen molar-refractivity contribution < 1.29 is 0 Å². The quantitative estimate of drug-likeness (QED) is 0.123. The smallest absolute Gasteiger partial charge is 0.0464 e. The van der Waals surface area contributed by atoms with E-state index in [1.54, 1.807) is 0 Å². The molecule has 0 aliphatic heterocycles. The van der Waals surface area contributed by atoms with Gasteiger partial charge >= 0.3 is 0 Å². The number of benzene rings is 9. The van der Waals surface area contributed by atoms with Crippen molar-refractivity contribution in [2.24, 2.45) is 0 Å². The molecule has 0 heterocycles. The van der Waals surface area contributed by atoms with Gasteiger partial charge in [-0.05, 0) is 171 Å². The summed E-state index contributed by atoms with van der Waals surface area (Å²) in [4.78, 5) is 9.26. The first-order valence-electron chi connectivity index (χ1n) is 20.4. The van der Waals surface area contributed by atoms with Crippen LogP contribution in [-0.2, 0) is 0 Å². The molecular weight excluding hydrogens is 729 g/mol. The van der Waals surface area contributed by atoms with E-state index in [-0.39, 0.29) is 0 Å². The summed E-state index contributed by atoms with van der Waals surface area (Å²) in [5, 5.41) is 0. The van der Waals surface area contributed by atoms with Gasteiger partial charge in [-0.15, -0.1) is 0 Å². The number of aryl methyl sites for hydroxylation is 2. The third-order valence-electron chi connectivity index (χ3n) is 10.7. The topological polar surface area (TPSA) is 13.0 Å². The van der Waals surface area contributed by atoms with Gasteiger partial charge in [0.2, 0.25) is 0 Å². The van der Waals surface area contributed by atoms with Crippen LogP contribution >= 0.6 is 0 Å². The summed E-state index contributed by atoms with van der Waals surface area (Å²) in [7, 11) is 0. The summed E-state index contributed by atoms with van der Waals surface area (Å²) < 4.78 is 0. The SMILES string of the molecule is Cc1cccc(N(c2ccccc2)c2ccc(N(c3ccccc3)c3ccc(N(c4ccccc4)c4ccc(N(c5ccccc5)c5cccc(C)c5)cc4)cc3)cc2)c1. The van der Waals surface area contributed by atoms with Gasteiger partial charge in [0.1, 0.15) is 0 Å². The summed E-state index contributed by atoms with van der Waals surface area (Å²) in [6.07, 6.45) is 0. The van der Waals surface area contributed by atoms with Crippen molar-refractivity contribution in [3.8, 4) is 0 Å². The van der Waals surface area contributed by atoms with Gasteiger partial charge in [0.25, 0.3) is 0 Å². The Hall–Kier alpha value is -7.82. The fraction of sp³-hybridized carbons (Fsp3) is 0.0357. The molecule has 4 nitrogen and oxygen atoms in total. The van der Waals surface area contributed by atoms with Crippen molar-refractivity contribution in [3.63, 3.8) is 0 Å². The zero-order valence-electron chi connectivity index (χ0n) is 33.9. The Balaban J connectivity index is 1.06. The average Bonchev–Trinajstić information content (AvgIpc) is 3.30. The normalized spacial score (nSPS) is 10.8. The number of hydrogen-bond acceptors (Lipinski definition) is 4. The van der Waals surface area contributed by atoms with Crippen LogP contribution < -0.4 is 19.6 Å². The van der Waals surface area contributed by atoms with E-state index in [1.165, 1.54) is 11.1 Å². The van der Waals surface area contributed by atoms with Gasteiger partial charge in [0.15, 0.2) is 0 Å². The summed E-state index contributed by atoms with van der Waals surface area (Å²) in [6.45, 7) is 4.28. The highest BCUT2D eigenvalue weighted by Gasteiger charge is 2.19. The number of nitrogens with zero attached hydrogens (tertiary/aromatic N) is 4. The lowest BCUT2D eigenvalue weighted by Gasteiger charge is -2.30. The molecule has 0 aliphatic carbocycles. The maximum absolute atomic E-state index is 2.32. The minimum Gasteiger partial charge on any atom is -0.311 e. The van der Waals surface area contributed by atoms with E-state index in [0.29, 0.717) is 0 Å². The van der Waals surface area contributed by atoms with Crippen LogP contribution in [0.15, 0.2) is 243 Å². The molecule has 290 valence electrons. The monoisotopic (exact) mass is 774 g/mol. The van der Waals surface area contributed by atoms with Gasteiger partial charge in [-0.1, -0.05) is 97.1 Å². The minimum atomic E-state index is 1.07. The van der Waals surface area contributed by atoms with Crippen LogP contribution in [0, 0.1) is 13.8 Å². The highest BCUT2D eigenvalue weighted by molar-refractivity contribution is 5.84. The van der Waals surface area contributed by atoms with Crippen molar-refractivity contribution in [2.75, 3.05) is 19.6 Å². The van der Waals surface area contributed by atoms with E-state index in [0.717, 1.165) is 68.2 Å². The summed E-state index contributed by atoms with van der Waals surface area (Å²) in [5.74, 6) is 0. The Kier molecular flexibility index (Phi) is 10.9. The van der Waals surface area contributed by atoms with Crippen LogP contribution in [0.3, 0.4) is 0 Å². The van der Waals surface area contributed by atoms with Crippen LogP contribution in [0.2, 0.25) is 0 Å². The first-order chi connectivity index (χ1) is 29.6. The molecule has 60 heavy (non-hydrogen) atoms. The van der Waals surface area contributed by atoms with Crippen molar-refractivity contribution >= 4 is 68.2 Å². The van der Waals surface area contributed by atoms with Gasteiger partial charge in [0, 0.05) is 68.2 Å². The molecule has 0 unspecified atom stereocenters. The average molecular weight is 775 g/mol. The lowest BCUT2D eigenvalue weighted by atomic mass is 10.1. The second-order valence-corrected chi connectivity index (χ2v) is 14.9. The molecule has 9 aromatic carbocycles. The molecule has 0 saturated heterocycles. The fourth-order valence-corrected chi connectivity index (χ4v) is 7.88. The molecule has 0 aromatic heterocycles. The Morgan fingerprint density at radius 1 is 0.183 bits per heavy atom. The van der Waals surface area contributed by atoms with Gasteiger partial charge < -0.3 is 19.6 Å². The van der Waals surface area contributed by atoms with E-state index in [9.17, 15) is 0 Å². The Bertz CT molecular complexity index is 2560. The molecule has 0 aliphatic rings. The molecule has 0 amide bonds. The second-order valence-electron chi connectivity index (χ2n) is 14.9. The van der Waals surface area contributed by atoms with Crippen LogP contribution in [0.1, 0.15) is 11.1 Å². The molecule has 0 atom stereocenters. The maximum Gasteiger partial charge on any atom is 0.0464 e.